The van der Waals surface area contributed by atoms with Gasteiger partial charge in [0.2, 0.25) is 5.91 Å². The van der Waals surface area contributed by atoms with Crippen LogP contribution in [0.25, 0.3) is 0 Å². The number of amides is 2. The van der Waals surface area contributed by atoms with Gasteiger partial charge in [0, 0.05) is 31.1 Å². The lowest BCUT2D eigenvalue weighted by Gasteiger charge is -2.39. The van der Waals surface area contributed by atoms with Gasteiger partial charge in [-0.2, -0.15) is 5.10 Å². The highest BCUT2D eigenvalue weighted by molar-refractivity contribution is 5.95. The summed E-state index contributed by atoms with van der Waals surface area (Å²) in [7, 11) is 0. The largest absolute Gasteiger partial charge is 0.342 e. The Hall–Kier alpha value is -2.70. The lowest BCUT2D eigenvalue weighted by Crippen LogP contribution is -2.47. The molecule has 4 rings (SSSR count). The molecule has 2 aromatic rings. The van der Waals surface area contributed by atoms with Crippen molar-refractivity contribution < 1.29 is 14.0 Å². The maximum Gasteiger partial charge on any atom is 0.257 e. The molecular formula is C24H31FN4O2. The van der Waals surface area contributed by atoms with Crippen LogP contribution >= 0.6 is 0 Å². The van der Waals surface area contributed by atoms with Crippen LogP contribution in [0.5, 0.6) is 0 Å². The molecule has 0 spiro atoms. The normalized spacial score (nSPS) is 22.5. The molecule has 166 valence electrons. The van der Waals surface area contributed by atoms with Crippen molar-refractivity contribution in [3.05, 3.63) is 53.1 Å². The van der Waals surface area contributed by atoms with Gasteiger partial charge in [-0.3, -0.25) is 14.7 Å². The van der Waals surface area contributed by atoms with Crippen molar-refractivity contribution in [1.82, 2.24) is 20.0 Å². The number of rotatable bonds is 4. The Morgan fingerprint density at radius 3 is 2.35 bits per heavy atom. The number of H-pyrrole nitrogens is 1. The minimum Gasteiger partial charge on any atom is -0.342 e. The monoisotopic (exact) mass is 426 g/mol. The van der Waals surface area contributed by atoms with E-state index in [4.69, 9.17) is 0 Å². The molecule has 1 N–H and O–H groups in total. The molecule has 0 saturated carbocycles. The lowest BCUT2D eigenvalue weighted by atomic mass is 9.90. The first-order valence-corrected chi connectivity index (χ1v) is 11.3. The number of aromatic nitrogens is 2. The number of piperidine rings is 2. The second kappa shape index (κ2) is 9.20. The summed E-state index contributed by atoms with van der Waals surface area (Å²) in [6.45, 7) is 5.54. The zero-order valence-electron chi connectivity index (χ0n) is 18.3. The second-order valence-corrected chi connectivity index (χ2v) is 9.00. The maximum atomic E-state index is 13.3. The van der Waals surface area contributed by atoms with Gasteiger partial charge in [0.1, 0.15) is 5.82 Å². The Labute approximate surface area is 182 Å². The third-order valence-corrected chi connectivity index (χ3v) is 6.85. The molecule has 1 aromatic carbocycles. The SMILES string of the molecule is CC1CCCC(C)N1C(=O)c1cn[nH]c1C1CCN(C(=O)Cc2ccc(F)cc2)CC1. The summed E-state index contributed by atoms with van der Waals surface area (Å²) in [6.07, 6.45) is 6.77. The van der Waals surface area contributed by atoms with E-state index >= 15 is 0 Å². The van der Waals surface area contributed by atoms with Gasteiger partial charge in [-0.1, -0.05) is 12.1 Å². The number of carbonyl (C=O) groups excluding carboxylic acids is 2. The van der Waals surface area contributed by atoms with Crippen molar-refractivity contribution in [3.8, 4) is 0 Å². The summed E-state index contributed by atoms with van der Waals surface area (Å²) in [6, 6.07) is 6.57. The van der Waals surface area contributed by atoms with Crippen LogP contribution in [0.3, 0.4) is 0 Å². The van der Waals surface area contributed by atoms with Crippen LogP contribution in [0.4, 0.5) is 4.39 Å². The van der Waals surface area contributed by atoms with E-state index in [1.165, 1.54) is 12.1 Å². The van der Waals surface area contributed by atoms with Gasteiger partial charge >= 0.3 is 0 Å². The smallest absolute Gasteiger partial charge is 0.257 e. The van der Waals surface area contributed by atoms with Crippen molar-refractivity contribution in [1.29, 1.82) is 0 Å². The number of likely N-dealkylation sites (tertiary alicyclic amines) is 2. The summed E-state index contributed by atoms with van der Waals surface area (Å²) in [5.74, 6) is 0.0159. The molecule has 0 aliphatic carbocycles. The molecule has 7 heteroatoms. The van der Waals surface area contributed by atoms with Crippen LogP contribution in [-0.2, 0) is 11.2 Å². The standard InChI is InChI=1S/C24H31FN4O2/c1-16-4-3-5-17(2)29(16)24(31)21-15-26-27-23(21)19-10-12-28(13-11-19)22(30)14-18-6-8-20(25)9-7-18/h6-9,15-17,19H,3-5,10-14H2,1-2H3,(H,26,27). The van der Waals surface area contributed by atoms with Crippen molar-refractivity contribution >= 4 is 11.8 Å². The average molecular weight is 427 g/mol. The first-order valence-electron chi connectivity index (χ1n) is 11.3. The quantitative estimate of drug-likeness (QED) is 0.806. The summed E-state index contributed by atoms with van der Waals surface area (Å²) < 4.78 is 13.1. The van der Waals surface area contributed by atoms with Crippen molar-refractivity contribution in [2.45, 2.75) is 70.4 Å². The topological polar surface area (TPSA) is 69.3 Å². The first kappa shape index (κ1) is 21.5. The van der Waals surface area contributed by atoms with Crippen molar-refractivity contribution in [3.63, 3.8) is 0 Å². The van der Waals surface area contributed by atoms with E-state index in [9.17, 15) is 14.0 Å². The zero-order chi connectivity index (χ0) is 22.0. The third kappa shape index (κ3) is 4.65. The minimum atomic E-state index is -0.296. The fourth-order valence-electron chi connectivity index (χ4n) is 5.04. The van der Waals surface area contributed by atoms with Crippen molar-refractivity contribution in [2.24, 2.45) is 0 Å². The fourth-order valence-corrected chi connectivity index (χ4v) is 5.04. The number of hydrogen-bond acceptors (Lipinski definition) is 3. The van der Waals surface area contributed by atoms with Crippen LogP contribution in [-0.4, -0.2) is 57.0 Å². The van der Waals surface area contributed by atoms with Crippen LogP contribution in [0.1, 0.15) is 73.5 Å². The predicted molar refractivity (Wildman–Crippen MR) is 116 cm³/mol. The second-order valence-electron chi connectivity index (χ2n) is 9.00. The highest BCUT2D eigenvalue weighted by atomic mass is 19.1. The minimum absolute atomic E-state index is 0.0573. The van der Waals surface area contributed by atoms with Crippen LogP contribution in [0, 0.1) is 5.82 Å². The Morgan fingerprint density at radius 2 is 1.71 bits per heavy atom. The summed E-state index contributed by atoms with van der Waals surface area (Å²) in [5.41, 5.74) is 2.40. The average Bonchev–Trinajstić information content (AvgIpc) is 3.25. The van der Waals surface area contributed by atoms with Crippen LogP contribution < -0.4 is 0 Å². The Kier molecular flexibility index (Phi) is 6.39. The van der Waals surface area contributed by atoms with Gasteiger partial charge in [0.25, 0.3) is 5.91 Å². The van der Waals surface area contributed by atoms with Crippen LogP contribution in [0.15, 0.2) is 30.5 Å². The molecule has 31 heavy (non-hydrogen) atoms. The third-order valence-electron chi connectivity index (χ3n) is 6.85. The van der Waals surface area contributed by atoms with E-state index in [0.29, 0.717) is 18.7 Å². The number of aromatic amines is 1. The van der Waals surface area contributed by atoms with E-state index in [1.54, 1.807) is 18.3 Å². The van der Waals surface area contributed by atoms with Gasteiger partial charge in [-0.15, -0.1) is 0 Å². The van der Waals surface area contributed by atoms with Gasteiger partial charge in [-0.05, 0) is 63.6 Å². The van der Waals surface area contributed by atoms with E-state index < -0.39 is 0 Å². The molecular weight excluding hydrogens is 395 g/mol. The maximum absolute atomic E-state index is 13.3. The molecule has 2 aliphatic heterocycles. The molecule has 6 nitrogen and oxygen atoms in total. The molecule has 0 bridgehead atoms. The van der Waals surface area contributed by atoms with E-state index in [2.05, 4.69) is 24.0 Å². The van der Waals surface area contributed by atoms with Gasteiger partial charge in [0.15, 0.2) is 0 Å². The summed E-state index contributed by atoms with van der Waals surface area (Å²) >= 11 is 0. The van der Waals surface area contributed by atoms with E-state index in [-0.39, 0.29) is 42.1 Å². The number of nitrogens with zero attached hydrogens (tertiary/aromatic N) is 3. The number of carbonyl (C=O) groups is 2. The van der Waals surface area contributed by atoms with Gasteiger partial charge < -0.3 is 9.80 Å². The van der Waals surface area contributed by atoms with E-state index in [1.807, 2.05) is 9.80 Å². The Bertz CT molecular complexity index is 908. The molecule has 3 heterocycles. The van der Waals surface area contributed by atoms with E-state index in [0.717, 1.165) is 43.4 Å². The predicted octanol–water partition coefficient (Wildman–Crippen LogP) is 3.90. The highest BCUT2D eigenvalue weighted by Gasteiger charge is 2.34. The fraction of sp³-hybridized carbons (Fsp3) is 0.542. The summed E-state index contributed by atoms with van der Waals surface area (Å²) in [5, 5.41) is 7.27. The molecule has 2 atom stereocenters. The van der Waals surface area contributed by atoms with Crippen LogP contribution in [0.2, 0.25) is 0 Å². The molecule has 2 fully saturated rings. The lowest BCUT2D eigenvalue weighted by molar-refractivity contribution is -0.131. The first-order chi connectivity index (χ1) is 14.9. The molecule has 0 radical (unpaired) electrons. The number of halogens is 1. The molecule has 1 aromatic heterocycles. The highest BCUT2D eigenvalue weighted by Crippen LogP contribution is 2.32. The van der Waals surface area contributed by atoms with Crippen molar-refractivity contribution in [2.75, 3.05) is 13.1 Å². The zero-order valence-corrected chi connectivity index (χ0v) is 18.3. The van der Waals surface area contributed by atoms with Gasteiger partial charge in [0.05, 0.1) is 23.9 Å². The number of benzene rings is 1. The molecule has 2 amide bonds. The number of nitrogens with one attached hydrogen (secondary N) is 1. The number of hydrogen-bond donors (Lipinski definition) is 1. The Balaban J connectivity index is 1.38. The summed E-state index contributed by atoms with van der Waals surface area (Å²) in [4.78, 5) is 29.9. The molecule has 2 unspecified atom stereocenters. The Morgan fingerprint density at radius 1 is 1.06 bits per heavy atom. The van der Waals surface area contributed by atoms with Gasteiger partial charge in [-0.25, -0.2) is 4.39 Å². The molecule has 2 aliphatic rings. The molecule has 2 saturated heterocycles.